The molecule has 1 N–H and O–H groups in total. The Hall–Kier alpha value is -3.47. The van der Waals surface area contributed by atoms with Crippen molar-refractivity contribution in [3.63, 3.8) is 0 Å². The van der Waals surface area contributed by atoms with Crippen LogP contribution in [0, 0.1) is 0 Å². The van der Waals surface area contributed by atoms with Crippen LogP contribution < -0.4 is 5.32 Å². The van der Waals surface area contributed by atoms with Gasteiger partial charge in [-0.1, -0.05) is 63.2 Å². The summed E-state index contributed by atoms with van der Waals surface area (Å²) in [4.78, 5) is 17.9. The molecule has 0 unspecified atom stereocenters. The van der Waals surface area contributed by atoms with E-state index >= 15 is 0 Å². The van der Waals surface area contributed by atoms with Gasteiger partial charge in [-0.15, -0.1) is 0 Å². The lowest BCUT2D eigenvalue weighted by molar-refractivity contribution is -0.118. The van der Waals surface area contributed by atoms with Crippen LogP contribution in [0.2, 0.25) is 0 Å². The molecule has 1 saturated carbocycles. The van der Waals surface area contributed by atoms with Crippen molar-refractivity contribution in [3.8, 4) is 11.1 Å². The van der Waals surface area contributed by atoms with E-state index in [-0.39, 0.29) is 16.7 Å². The van der Waals surface area contributed by atoms with Gasteiger partial charge in [0.1, 0.15) is 0 Å². The molecule has 2 aromatic heterocycles. The summed E-state index contributed by atoms with van der Waals surface area (Å²) >= 11 is 0. The summed E-state index contributed by atoms with van der Waals surface area (Å²) in [7, 11) is 1.92. The lowest BCUT2D eigenvalue weighted by Gasteiger charge is -2.19. The molecular weight excluding hydrogens is 396 g/mol. The fraction of sp³-hybridized carbons (Fsp3) is 0.296. The highest BCUT2D eigenvalue weighted by molar-refractivity contribution is 6.01. The Labute approximate surface area is 188 Å². The third-order valence-electron chi connectivity index (χ3n) is 6.44. The molecule has 1 aliphatic carbocycles. The maximum Gasteiger partial charge on any atom is 0.235 e. The summed E-state index contributed by atoms with van der Waals surface area (Å²) in [6, 6.07) is 20.3. The number of carbonyl (C=O) groups is 1. The number of hydrogen-bond acceptors (Lipinski definition) is 3. The third kappa shape index (κ3) is 3.48. The maximum absolute atomic E-state index is 13.1. The molecule has 0 aliphatic heterocycles. The number of aromatic nitrogens is 3. The van der Waals surface area contributed by atoms with Crippen LogP contribution >= 0.6 is 0 Å². The van der Waals surface area contributed by atoms with Crippen LogP contribution in [0.4, 0.5) is 5.69 Å². The second-order valence-electron chi connectivity index (χ2n) is 9.79. The average Bonchev–Trinajstić information content (AvgIpc) is 3.52. The number of aryl methyl sites for hydroxylation is 1. The lowest BCUT2D eigenvalue weighted by atomic mass is 9.89. The molecule has 162 valence electrons. The molecule has 5 rings (SSSR count). The van der Waals surface area contributed by atoms with Gasteiger partial charge in [0.25, 0.3) is 0 Å². The largest absolute Gasteiger partial charge is 0.325 e. The Kier molecular flexibility index (Phi) is 4.66. The summed E-state index contributed by atoms with van der Waals surface area (Å²) in [6.07, 6.45) is 3.66. The number of pyridine rings is 1. The standard InChI is InChI=1S/C27H28N4O/c1-26(2,3)23-16-21(22-17-28-31(4)24(22)30-23)18-10-12-20(13-11-18)29-25(32)27(14-15-27)19-8-6-5-7-9-19/h5-13,16-17H,14-15H2,1-4H3,(H,29,32). The van der Waals surface area contributed by atoms with Crippen molar-refractivity contribution in [2.24, 2.45) is 7.05 Å². The van der Waals surface area contributed by atoms with E-state index in [1.165, 1.54) is 0 Å². The van der Waals surface area contributed by atoms with Crippen molar-refractivity contribution >= 4 is 22.6 Å². The molecule has 5 heteroatoms. The number of amides is 1. The van der Waals surface area contributed by atoms with Gasteiger partial charge in [0.15, 0.2) is 5.65 Å². The number of benzene rings is 2. The summed E-state index contributed by atoms with van der Waals surface area (Å²) in [6.45, 7) is 6.50. The highest BCUT2D eigenvalue weighted by Crippen LogP contribution is 2.49. The van der Waals surface area contributed by atoms with Crippen LogP contribution in [0.1, 0.15) is 44.9 Å². The van der Waals surface area contributed by atoms with Gasteiger partial charge < -0.3 is 5.32 Å². The van der Waals surface area contributed by atoms with Gasteiger partial charge in [0.2, 0.25) is 5.91 Å². The van der Waals surface area contributed by atoms with Gasteiger partial charge >= 0.3 is 0 Å². The topological polar surface area (TPSA) is 59.8 Å². The van der Waals surface area contributed by atoms with E-state index in [4.69, 9.17) is 4.98 Å². The molecule has 0 radical (unpaired) electrons. The minimum atomic E-state index is -0.380. The van der Waals surface area contributed by atoms with Gasteiger partial charge in [-0.2, -0.15) is 5.10 Å². The van der Waals surface area contributed by atoms with E-state index in [1.54, 1.807) is 0 Å². The first-order chi connectivity index (χ1) is 15.3. The number of hydrogen-bond donors (Lipinski definition) is 1. The van der Waals surface area contributed by atoms with Gasteiger partial charge in [0, 0.05) is 29.2 Å². The van der Waals surface area contributed by atoms with Crippen molar-refractivity contribution in [2.75, 3.05) is 5.32 Å². The molecule has 0 spiro atoms. The lowest BCUT2D eigenvalue weighted by Crippen LogP contribution is -2.27. The number of rotatable bonds is 4. The minimum absolute atomic E-state index is 0.0723. The molecule has 1 amide bonds. The molecule has 0 saturated heterocycles. The van der Waals surface area contributed by atoms with E-state index in [1.807, 2.05) is 60.4 Å². The van der Waals surface area contributed by atoms with E-state index in [2.05, 4.69) is 49.4 Å². The molecule has 1 aliphatic rings. The number of nitrogens with one attached hydrogen (secondary N) is 1. The van der Waals surface area contributed by atoms with Crippen LogP contribution in [0.15, 0.2) is 66.9 Å². The summed E-state index contributed by atoms with van der Waals surface area (Å²) in [5, 5.41) is 8.58. The first-order valence-electron chi connectivity index (χ1n) is 11.1. The predicted molar refractivity (Wildman–Crippen MR) is 129 cm³/mol. The molecule has 0 bridgehead atoms. The zero-order valence-electron chi connectivity index (χ0n) is 19.0. The second-order valence-corrected chi connectivity index (χ2v) is 9.79. The quantitative estimate of drug-likeness (QED) is 0.464. The summed E-state index contributed by atoms with van der Waals surface area (Å²) in [5.74, 6) is 0.0741. The molecule has 0 atom stereocenters. The Balaban J connectivity index is 1.45. The van der Waals surface area contributed by atoms with Crippen molar-refractivity contribution in [3.05, 3.63) is 78.1 Å². The van der Waals surface area contributed by atoms with Crippen LogP contribution in [0.5, 0.6) is 0 Å². The first-order valence-corrected chi connectivity index (χ1v) is 11.1. The van der Waals surface area contributed by atoms with Crippen molar-refractivity contribution < 1.29 is 4.79 Å². The number of anilines is 1. The van der Waals surface area contributed by atoms with Gasteiger partial charge in [-0.3, -0.25) is 9.48 Å². The van der Waals surface area contributed by atoms with Gasteiger partial charge in [-0.25, -0.2) is 4.98 Å². The zero-order valence-corrected chi connectivity index (χ0v) is 19.0. The SMILES string of the molecule is Cn1ncc2c(-c3ccc(NC(=O)C4(c5ccccc5)CC4)cc3)cc(C(C)(C)C)nc21. The van der Waals surface area contributed by atoms with Gasteiger partial charge in [0.05, 0.1) is 11.6 Å². The normalized spacial score (nSPS) is 15.0. The van der Waals surface area contributed by atoms with Crippen molar-refractivity contribution in [1.82, 2.24) is 14.8 Å². The fourth-order valence-corrected chi connectivity index (χ4v) is 4.25. The average molecular weight is 425 g/mol. The van der Waals surface area contributed by atoms with E-state index in [0.29, 0.717) is 0 Å². The van der Waals surface area contributed by atoms with Crippen molar-refractivity contribution in [1.29, 1.82) is 0 Å². The minimum Gasteiger partial charge on any atom is -0.325 e. The molecule has 2 heterocycles. The van der Waals surface area contributed by atoms with E-state index < -0.39 is 0 Å². The second kappa shape index (κ2) is 7.30. The fourth-order valence-electron chi connectivity index (χ4n) is 4.25. The molecule has 4 aromatic rings. The Morgan fingerprint density at radius 2 is 1.72 bits per heavy atom. The molecule has 2 aromatic carbocycles. The van der Waals surface area contributed by atoms with Crippen molar-refractivity contribution in [2.45, 2.75) is 44.4 Å². The maximum atomic E-state index is 13.1. The van der Waals surface area contributed by atoms with Crippen LogP contribution in [-0.2, 0) is 22.7 Å². The van der Waals surface area contributed by atoms with Gasteiger partial charge in [-0.05, 0) is 47.7 Å². The van der Waals surface area contributed by atoms with E-state index in [9.17, 15) is 4.79 Å². The number of nitrogens with zero attached hydrogens (tertiary/aromatic N) is 3. The monoisotopic (exact) mass is 424 g/mol. The molecule has 32 heavy (non-hydrogen) atoms. The first kappa shape index (κ1) is 20.4. The predicted octanol–water partition coefficient (Wildman–Crippen LogP) is 5.60. The number of fused-ring (bicyclic) bond motifs is 1. The Bertz CT molecular complexity index is 1290. The van der Waals surface area contributed by atoms with Crippen LogP contribution in [0.25, 0.3) is 22.2 Å². The Morgan fingerprint density at radius 1 is 1.03 bits per heavy atom. The zero-order chi connectivity index (χ0) is 22.5. The van der Waals surface area contributed by atoms with Crippen LogP contribution in [0.3, 0.4) is 0 Å². The van der Waals surface area contributed by atoms with E-state index in [0.717, 1.165) is 51.9 Å². The smallest absolute Gasteiger partial charge is 0.235 e. The molecule has 5 nitrogen and oxygen atoms in total. The number of carbonyl (C=O) groups excluding carboxylic acids is 1. The summed E-state index contributed by atoms with van der Waals surface area (Å²) in [5.41, 5.74) is 5.55. The van der Waals surface area contributed by atoms with Crippen LogP contribution in [-0.4, -0.2) is 20.7 Å². The molecular formula is C27H28N4O. The Morgan fingerprint density at radius 3 is 2.34 bits per heavy atom. The third-order valence-corrected chi connectivity index (χ3v) is 6.44. The molecule has 1 fully saturated rings. The summed E-state index contributed by atoms with van der Waals surface area (Å²) < 4.78 is 1.82. The highest BCUT2D eigenvalue weighted by atomic mass is 16.2. The highest BCUT2D eigenvalue weighted by Gasteiger charge is 2.51.